The predicted octanol–water partition coefficient (Wildman–Crippen LogP) is 3.19. The highest BCUT2D eigenvalue weighted by molar-refractivity contribution is 8.09. The number of nitrogens with one attached hydrogen (secondary N) is 1. The molecule has 1 aliphatic rings. The number of aromatic nitrogens is 4. The Morgan fingerprint density at radius 3 is 2.56 bits per heavy atom. The lowest BCUT2D eigenvalue weighted by molar-refractivity contribution is -0.191. The number of halogens is 4. The van der Waals surface area contributed by atoms with Crippen molar-refractivity contribution >= 4 is 41.4 Å². The SMILES string of the molecule is CC(C)OC(=O)[C@H](C)NP(=S)(OC[C@@]1(C(F)F)O[C@@H](n2cnc3c(N)ncnc32)C(F)(F)[C@@H]1O)Oc1ccccc1. The molecule has 1 fully saturated rings. The van der Waals surface area contributed by atoms with Gasteiger partial charge in [-0.2, -0.15) is 8.78 Å². The second-order valence-electron chi connectivity index (χ2n) is 9.40. The Hall–Kier alpha value is -2.95. The van der Waals surface area contributed by atoms with Gasteiger partial charge in [-0.15, -0.1) is 0 Å². The van der Waals surface area contributed by atoms with E-state index in [0.717, 1.165) is 12.7 Å². The van der Waals surface area contributed by atoms with Crippen LogP contribution in [0.1, 0.15) is 27.0 Å². The summed E-state index contributed by atoms with van der Waals surface area (Å²) in [7, 11) is 0. The molecule has 0 saturated carbocycles. The fraction of sp³-hybridized carbons (Fsp3) is 0.478. The van der Waals surface area contributed by atoms with Crippen LogP contribution in [0.4, 0.5) is 23.4 Å². The van der Waals surface area contributed by atoms with Crippen molar-refractivity contribution in [3.05, 3.63) is 43.0 Å². The molecule has 41 heavy (non-hydrogen) atoms. The number of benzene rings is 1. The number of alkyl halides is 4. The maximum atomic E-state index is 15.4. The highest BCUT2D eigenvalue weighted by atomic mass is 32.5. The summed E-state index contributed by atoms with van der Waals surface area (Å²) >= 11 is 5.48. The number of imidazole rings is 1. The normalized spacial score (nSPS) is 24.4. The highest BCUT2D eigenvalue weighted by Crippen LogP contribution is 2.54. The number of esters is 1. The minimum atomic E-state index is -4.29. The van der Waals surface area contributed by atoms with Crippen LogP contribution in [0, 0.1) is 0 Å². The van der Waals surface area contributed by atoms with Gasteiger partial charge in [0, 0.05) is 0 Å². The number of para-hydroxylation sites is 1. The Morgan fingerprint density at radius 1 is 1.24 bits per heavy atom. The molecule has 0 aliphatic carbocycles. The fourth-order valence-electron chi connectivity index (χ4n) is 3.96. The first-order valence-corrected chi connectivity index (χ1v) is 14.8. The molecule has 0 spiro atoms. The van der Waals surface area contributed by atoms with Crippen molar-refractivity contribution in [3.63, 3.8) is 0 Å². The molecule has 5 atom stereocenters. The van der Waals surface area contributed by atoms with Crippen LogP contribution >= 0.6 is 6.64 Å². The zero-order chi connectivity index (χ0) is 30.2. The van der Waals surface area contributed by atoms with E-state index in [1.165, 1.54) is 19.1 Å². The van der Waals surface area contributed by atoms with Gasteiger partial charge in [0.15, 0.2) is 23.2 Å². The van der Waals surface area contributed by atoms with E-state index in [1.807, 2.05) is 0 Å². The lowest BCUT2D eigenvalue weighted by atomic mass is 9.96. The number of nitrogens with zero attached hydrogens (tertiary/aromatic N) is 4. The largest absolute Gasteiger partial charge is 0.462 e. The standard InChI is InChI=1S/C23H27F4N6O6PS/c1-12(2)37-18(34)13(3)32-40(41,39-14-7-5-4-6-8-14)36-9-22(20(24)25)19(35)23(26,27)21(38-22)33-11-31-15-16(28)29-10-30-17(15)33/h4-8,10-13,19-21,35H,9H2,1-3H3,(H,32,41)(H2,28,29,30)/t13-,19+,21+,22+,40?/m0/s1. The molecular weight excluding hydrogens is 595 g/mol. The molecule has 0 bridgehead atoms. The zero-order valence-corrected chi connectivity index (χ0v) is 23.6. The van der Waals surface area contributed by atoms with Crippen LogP contribution in [0.3, 0.4) is 0 Å². The number of aliphatic hydroxyl groups is 1. The predicted molar refractivity (Wildman–Crippen MR) is 141 cm³/mol. The Bertz CT molecular complexity index is 1440. The van der Waals surface area contributed by atoms with Gasteiger partial charge in [-0.05, 0) is 44.7 Å². The number of nitrogen functional groups attached to an aromatic ring is 1. The number of hydrogen-bond donors (Lipinski definition) is 3. The van der Waals surface area contributed by atoms with Crippen molar-refractivity contribution in [1.29, 1.82) is 0 Å². The van der Waals surface area contributed by atoms with Crippen molar-refractivity contribution in [2.24, 2.45) is 0 Å². The average molecular weight is 623 g/mol. The maximum Gasteiger partial charge on any atom is 0.323 e. The van der Waals surface area contributed by atoms with Gasteiger partial charge >= 0.3 is 18.5 Å². The number of aliphatic hydroxyl groups excluding tert-OH is 1. The van der Waals surface area contributed by atoms with Crippen LogP contribution in [0.15, 0.2) is 43.0 Å². The number of nitrogens with two attached hydrogens (primary N) is 1. The molecule has 224 valence electrons. The smallest absolute Gasteiger partial charge is 0.323 e. The molecule has 1 aromatic carbocycles. The van der Waals surface area contributed by atoms with E-state index in [2.05, 4.69) is 20.0 Å². The summed E-state index contributed by atoms with van der Waals surface area (Å²) in [6, 6.07) is 6.66. The van der Waals surface area contributed by atoms with Crippen molar-refractivity contribution in [3.8, 4) is 5.75 Å². The van der Waals surface area contributed by atoms with Gasteiger partial charge in [0.05, 0.1) is 19.0 Å². The van der Waals surface area contributed by atoms with Crippen LogP contribution in [-0.4, -0.2) is 73.4 Å². The Labute approximate surface area is 236 Å². The van der Waals surface area contributed by atoms with Crippen LogP contribution in [-0.2, 0) is 30.6 Å². The Balaban J connectivity index is 1.66. The van der Waals surface area contributed by atoms with E-state index in [4.69, 9.17) is 36.1 Å². The Kier molecular flexibility index (Phi) is 8.87. The molecule has 4 N–H and O–H groups in total. The topological polar surface area (TPSA) is 156 Å². The van der Waals surface area contributed by atoms with Crippen molar-refractivity contribution in [1.82, 2.24) is 24.6 Å². The average Bonchev–Trinajstić information content (AvgIpc) is 3.41. The van der Waals surface area contributed by atoms with Gasteiger partial charge in [0.25, 0.3) is 6.43 Å². The minimum Gasteiger partial charge on any atom is -0.462 e. The molecule has 2 aromatic heterocycles. The van der Waals surface area contributed by atoms with E-state index in [0.29, 0.717) is 4.57 Å². The van der Waals surface area contributed by atoms with Gasteiger partial charge < -0.3 is 29.4 Å². The molecule has 3 aromatic rings. The molecule has 3 heterocycles. The summed E-state index contributed by atoms with van der Waals surface area (Å²) in [5.74, 6) is -5.06. The van der Waals surface area contributed by atoms with E-state index in [-0.39, 0.29) is 22.7 Å². The number of carbonyl (C=O) groups excluding carboxylic acids is 1. The van der Waals surface area contributed by atoms with Gasteiger partial charge in [0.1, 0.15) is 23.6 Å². The minimum absolute atomic E-state index is 0.0783. The summed E-state index contributed by atoms with van der Waals surface area (Å²) < 4.78 is 82.4. The molecule has 0 amide bonds. The van der Waals surface area contributed by atoms with E-state index >= 15 is 8.78 Å². The molecular formula is C23H27F4N6O6PS. The second kappa shape index (κ2) is 11.7. The van der Waals surface area contributed by atoms with E-state index < -0.39 is 61.6 Å². The Morgan fingerprint density at radius 2 is 1.93 bits per heavy atom. The first-order chi connectivity index (χ1) is 19.2. The van der Waals surface area contributed by atoms with Crippen LogP contribution in [0.25, 0.3) is 11.2 Å². The van der Waals surface area contributed by atoms with Crippen molar-refractivity contribution in [2.75, 3.05) is 12.3 Å². The molecule has 4 rings (SSSR count). The van der Waals surface area contributed by atoms with Gasteiger partial charge in [-0.3, -0.25) is 9.36 Å². The summed E-state index contributed by atoms with van der Waals surface area (Å²) in [6.07, 6.45) is -7.93. The van der Waals surface area contributed by atoms with Crippen molar-refractivity contribution < 1.29 is 46.0 Å². The molecule has 0 radical (unpaired) electrons. The van der Waals surface area contributed by atoms with Crippen LogP contribution < -0.4 is 15.3 Å². The number of carbonyl (C=O) groups is 1. The maximum absolute atomic E-state index is 15.4. The second-order valence-corrected chi connectivity index (χ2v) is 12.5. The summed E-state index contributed by atoms with van der Waals surface area (Å²) in [5, 5.41) is 13.2. The van der Waals surface area contributed by atoms with Crippen LogP contribution in [0.2, 0.25) is 0 Å². The van der Waals surface area contributed by atoms with Crippen LogP contribution in [0.5, 0.6) is 5.75 Å². The van der Waals surface area contributed by atoms with Gasteiger partial charge in [-0.1, -0.05) is 18.2 Å². The monoisotopic (exact) mass is 622 g/mol. The fourth-order valence-corrected chi connectivity index (χ4v) is 6.38. The van der Waals surface area contributed by atoms with Gasteiger partial charge in [0.2, 0.25) is 6.23 Å². The van der Waals surface area contributed by atoms with E-state index in [1.54, 1.807) is 32.0 Å². The van der Waals surface area contributed by atoms with E-state index in [9.17, 15) is 18.7 Å². The number of fused-ring (bicyclic) bond motifs is 1. The lowest BCUT2D eigenvalue weighted by Gasteiger charge is -2.34. The molecule has 12 nitrogen and oxygen atoms in total. The molecule has 1 aliphatic heterocycles. The molecule has 18 heteroatoms. The quantitative estimate of drug-likeness (QED) is 0.163. The first kappa shape index (κ1) is 31.0. The third-order valence-electron chi connectivity index (χ3n) is 5.98. The zero-order valence-electron chi connectivity index (χ0n) is 21.9. The summed E-state index contributed by atoms with van der Waals surface area (Å²) in [4.78, 5) is 23.8. The number of ether oxygens (including phenoxy) is 2. The number of rotatable bonds is 11. The first-order valence-electron chi connectivity index (χ1n) is 12.1. The summed E-state index contributed by atoms with van der Waals surface area (Å²) in [6.45, 7) is -0.724. The number of anilines is 1. The number of hydrogen-bond acceptors (Lipinski definition) is 11. The molecule has 1 unspecified atom stereocenters. The van der Waals surface area contributed by atoms with Crippen molar-refractivity contribution in [2.45, 2.75) is 63.2 Å². The third kappa shape index (κ3) is 6.15. The lowest BCUT2D eigenvalue weighted by Crippen LogP contribution is -2.54. The molecule has 1 saturated heterocycles. The van der Waals surface area contributed by atoms with Gasteiger partial charge in [-0.25, -0.2) is 28.8 Å². The summed E-state index contributed by atoms with van der Waals surface area (Å²) in [5.41, 5.74) is 2.09. The highest BCUT2D eigenvalue weighted by Gasteiger charge is 2.71. The third-order valence-corrected chi connectivity index (χ3v) is 8.46.